The van der Waals surface area contributed by atoms with Crippen LogP contribution in [0.15, 0.2) is 23.2 Å². The van der Waals surface area contributed by atoms with Gasteiger partial charge in [-0.2, -0.15) is 0 Å². The van der Waals surface area contributed by atoms with Gasteiger partial charge in [-0.05, 0) is 37.1 Å². The third-order valence-corrected chi connectivity index (χ3v) is 4.18. The summed E-state index contributed by atoms with van der Waals surface area (Å²) < 4.78 is 5.21. The van der Waals surface area contributed by atoms with E-state index in [1.165, 1.54) is 18.4 Å². The Hall–Kier alpha value is -1.16. The number of amidine groups is 1. The molecule has 0 radical (unpaired) electrons. The maximum atomic E-state index is 5.21. The van der Waals surface area contributed by atoms with Gasteiger partial charge in [-0.1, -0.05) is 25.1 Å². The first-order valence-electron chi connectivity index (χ1n) is 6.35. The molecule has 0 fully saturated rings. The van der Waals surface area contributed by atoms with Crippen LogP contribution < -0.4 is 10.1 Å². The monoisotopic (exact) mass is 264 g/mol. The number of nitrogens with one attached hydrogen (secondary N) is 1. The van der Waals surface area contributed by atoms with Gasteiger partial charge in [-0.15, -0.1) is 0 Å². The maximum Gasteiger partial charge on any atom is 0.161 e. The number of rotatable bonds is 4. The van der Waals surface area contributed by atoms with Gasteiger partial charge in [0.25, 0.3) is 0 Å². The molecule has 0 saturated heterocycles. The third kappa shape index (κ3) is 3.19. The molecule has 0 saturated carbocycles. The van der Waals surface area contributed by atoms with E-state index in [9.17, 15) is 0 Å². The van der Waals surface area contributed by atoms with Crippen LogP contribution in [0.25, 0.3) is 0 Å². The number of ether oxygens (including phenoxy) is 1. The van der Waals surface area contributed by atoms with Gasteiger partial charge in [0.2, 0.25) is 0 Å². The Bertz CT molecular complexity index is 445. The van der Waals surface area contributed by atoms with Gasteiger partial charge in [0.15, 0.2) is 5.17 Å². The van der Waals surface area contributed by atoms with E-state index in [4.69, 9.17) is 4.74 Å². The highest BCUT2D eigenvalue weighted by Crippen LogP contribution is 2.28. The highest BCUT2D eigenvalue weighted by atomic mass is 32.2. The zero-order valence-corrected chi connectivity index (χ0v) is 12.0. The predicted molar refractivity (Wildman–Crippen MR) is 79.9 cm³/mol. The van der Waals surface area contributed by atoms with E-state index < -0.39 is 0 Å². The fourth-order valence-electron chi connectivity index (χ4n) is 1.98. The van der Waals surface area contributed by atoms with Crippen molar-refractivity contribution in [1.82, 2.24) is 0 Å². The van der Waals surface area contributed by atoms with Crippen molar-refractivity contribution in [3.05, 3.63) is 23.8 Å². The van der Waals surface area contributed by atoms with Crippen molar-refractivity contribution >= 4 is 22.6 Å². The summed E-state index contributed by atoms with van der Waals surface area (Å²) in [6.07, 6.45) is 2.46. The van der Waals surface area contributed by atoms with E-state index in [0.717, 1.165) is 23.1 Å². The Kier molecular flexibility index (Phi) is 4.53. The molecule has 0 spiro atoms. The molecule has 1 N–H and O–H groups in total. The lowest BCUT2D eigenvalue weighted by molar-refractivity contribution is 0.414. The summed E-state index contributed by atoms with van der Waals surface area (Å²) in [5, 5.41) is 5.10. The molecular formula is C14H20N2OS. The van der Waals surface area contributed by atoms with Crippen LogP contribution in [0.2, 0.25) is 0 Å². The number of methoxy groups -OCH3 is 1. The number of anilines is 1. The first-order chi connectivity index (χ1) is 8.72. The summed E-state index contributed by atoms with van der Waals surface area (Å²) in [6.45, 7) is 5.24. The molecule has 4 heteroatoms. The van der Waals surface area contributed by atoms with Gasteiger partial charge >= 0.3 is 0 Å². The lowest BCUT2D eigenvalue weighted by Gasteiger charge is -2.11. The molecule has 1 atom stereocenters. The van der Waals surface area contributed by atoms with Crippen LogP contribution in [0, 0.1) is 6.92 Å². The molecule has 1 unspecified atom stereocenters. The van der Waals surface area contributed by atoms with Crippen molar-refractivity contribution in [3.8, 4) is 5.75 Å². The first kappa shape index (κ1) is 13.3. The molecule has 1 aliphatic heterocycles. The molecule has 18 heavy (non-hydrogen) atoms. The fraction of sp³-hybridized carbons (Fsp3) is 0.500. The number of hydrogen-bond acceptors (Lipinski definition) is 4. The smallest absolute Gasteiger partial charge is 0.161 e. The zero-order valence-electron chi connectivity index (χ0n) is 11.2. The summed E-state index contributed by atoms with van der Waals surface area (Å²) in [5.74, 6) is 0.892. The van der Waals surface area contributed by atoms with Gasteiger partial charge in [-0.25, -0.2) is 0 Å². The second-order valence-electron chi connectivity index (χ2n) is 4.48. The van der Waals surface area contributed by atoms with Crippen LogP contribution in [0.5, 0.6) is 5.75 Å². The van der Waals surface area contributed by atoms with Gasteiger partial charge in [-0.3, -0.25) is 4.99 Å². The molecular weight excluding hydrogens is 244 g/mol. The number of thioether (sulfide) groups is 1. The second-order valence-corrected chi connectivity index (χ2v) is 5.77. The maximum absolute atomic E-state index is 5.21. The molecule has 1 heterocycles. The van der Waals surface area contributed by atoms with E-state index >= 15 is 0 Å². The van der Waals surface area contributed by atoms with Crippen molar-refractivity contribution in [3.63, 3.8) is 0 Å². The highest BCUT2D eigenvalue weighted by Gasteiger charge is 2.19. The van der Waals surface area contributed by atoms with E-state index in [2.05, 4.69) is 24.2 Å². The van der Waals surface area contributed by atoms with E-state index in [0.29, 0.717) is 5.25 Å². The van der Waals surface area contributed by atoms with Crippen LogP contribution in [-0.2, 0) is 0 Å². The van der Waals surface area contributed by atoms with Gasteiger partial charge in [0.1, 0.15) is 5.75 Å². The van der Waals surface area contributed by atoms with E-state index in [-0.39, 0.29) is 0 Å². The summed E-state index contributed by atoms with van der Waals surface area (Å²) in [4.78, 5) is 4.55. The zero-order chi connectivity index (χ0) is 13.0. The van der Waals surface area contributed by atoms with Crippen molar-refractivity contribution in [2.75, 3.05) is 19.0 Å². The molecule has 1 aromatic carbocycles. The van der Waals surface area contributed by atoms with E-state index in [1.54, 1.807) is 7.11 Å². The molecule has 1 aromatic rings. The van der Waals surface area contributed by atoms with E-state index in [1.807, 2.05) is 30.0 Å². The summed E-state index contributed by atoms with van der Waals surface area (Å²) >= 11 is 1.86. The largest absolute Gasteiger partial charge is 0.497 e. The minimum atomic E-state index is 0.649. The average molecular weight is 264 g/mol. The predicted octanol–water partition coefficient (Wildman–Crippen LogP) is 3.69. The fourth-order valence-corrected chi connectivity index (χ4v) is 3.11. The molecule has 0 bridgehead atoms. The molecule has 1 aliphatic rings. The van der Waals surface area contributed by atoms with Crippen molar-refractivity contribution in [1.29, 1.82) is 0 Å². The average Bonchev–Trinajstić information content (AvgIpc) is 2.80. The summed E-state index contributed by atoms with van der Waals surface area (Å²) in [5.41, 5.74) is 2.29. The topological polar surface area (TPSA) is 33.6 Å². The van der Waals surface area contributed by atoms with Gasteiger partial charge in [0.05, 0.1) is 13.7 Å². The molecule has 2 rings (SSSR count). The van der Waals surface area contributed by atoms with Gasteiger partial charge < -0.3 is 10.1 Å². The van der Waals surface area contributed by atoms with Crippen molar-refractivity contribution < 1.29 is 4.74 Å². The first-order valence-corrected chi connectivity index (χ1v) is 7.23. The summed E-state index contributed by atoms with van der Waals surface area (Å²) in [7, 11) is 1.69. The Balaban J connectivity index is 1.98. The lowest BCUT2D eigenvalue weighted by atomic mass is 10.2. The minimum absolute atomic E-state index is 0.649. The minimum Gasteiger partial charge on any atom is -0.497 e. The second kappa shape index (κ2) is 6.14. The normalized spacial score (nSPS) is 18.6. The molecule has 0 aliphatic carbocycles. The Labute approximate surface area is 113 Å². The Morgan fingerprint density at radius 2 is 2.33 bits per heavy atom. The van der Waals surface area contributed by atoms with Crippen LogP contribution in [0.4, 0.5) is 5.69 Å². The molecule has 3 nitrogen and oxygen atoms in total. The van der Waals surface area contributed by atoms with Crippen LogP contribution >= 0.6 is 11.8 Å². The number of aliphatic imine (C=N–C) groups is 1. The van der Waals surface area contributed by atoms with Crippen LogP contribution in [0.3, 0.4) is 0 Å². The standard InChI is InChI=1S/C14H20N2OS/c1-4-5-12-9-15-14(18-12)16-13-7-6-11(17-3)8-10(13)2/h6-8,12H,4-5,9H2,1-3H3,(H,15,16). The molecule has 0 amide bonds. The van der Waals surface area contributed by atoms with Crippen LogP contribution in [-0.4, -0.2) is 24.1 Å². The van der Waals surface area contributed by atoms with Gasteiger partial charge in [0, 0.05) is 10.9 Å². The molecule has 0 aromatic heterocycles. The lowest BCUT2D eigenvalue weighted by Crippen LogP contribution is -2.08. The SMILES string of the molecule is CCCC1CN=C(Nc2ccc(OC)cc2C)S1. The summed E-state index contributed by atoms with van der Waals surface area (Å²) in [6, 6.07) is 6.05. The molecule has 98 valence electrons. The van der Waals surface area contributed by atoms with Crippen molar-refractivity contribution in [2.24, 2.45) is 4.99 Å². The Morgan fingerprint density at radius 3 is 3.00 bits per heavy atom. The number of hydrogen-bond donors (Lipinski definition) is 1. The number of benzene rings is 1. The number of aryl methyl sites for hydroxylation is 1. The third-order valence-electron chi connectivity index (χ3n) is 3.00. The highest BCUT2D eigenvalue weighted by molar-refractivity contribution is 8.15. The number of nitrogens with zero attached hydrogens (tertiary/aromatic N) is 1. The quantitative estimate of drug-likeness (QED) is 0.900. The Morgan fingerprint density at radius 1 is 1.50 bits per heavy atom. The van der Waals surface area contributed by atoms with Crippen LogP contribution in [0.1, 0.15) is 25.3 Å². The van der Waals surface area contributed by atoms with Crippen molar-refractivity contribution in [2.45, 2.75) is 31.9 Å².